The maximum absolute atomic E-state index is 12.7. The molecule has 1 atom stereocenters. The number of fused-ring (bicyclic) bond motifs is 1. The topological polar surface area (TPSA) is 64.6 Å². The summed E-state index contributed by atoms with van der Waals surface area (Å²) < 4.78 is 0. The average molecular weight is 403 g/mol. The standard InChI is InChI=1S/C20H30N6OS/c1-24-11-13-25(14-12-24)9-4-8-21-18(27)16-5-3-10-26(15-16)20-23-17-6-2-7-22-19(17)28-20/h2,6-7,16H,3-5,8-15H2,1H3,(H,21,27). The zero-order valence-corrected chi connectivity index (χ0v) is 17.5. The summed E-state index contributed by atoms with van der Waals surface area (Å²) in [4.78, 5) is 29.8. The number of carbonyl (C=O) groups excluding carboxylic acids is 1. The van der Waals surface area contributed by atoms with Crippen LogP contribution in [0, 0.1) is 5.92 Å². The lowest BCUT2D eigenvalue weighted by molar-refractivity contribution is -0.125. The number of amides is 1. The molecule has 28 heavy (non-hydrogen) atoms. The summed E-state index contributed by atoms with van der Waals surface area (Å²) in [7, 11) is 2.18. The number of piperazine rings is 1. The molecule has 0 aromatic carbocycles. The van der Waals surface area contributed by atoms with Gasteiger partial charge in [0, 0.05) is 52.0 Å². The van der Waals surface area contributed by atoms with Crippen molar-refractivity contribution in [3.8, 4) is 0 Å². The van der Waals surface area contributed by atoms with Gasteiger partial charge in [0.25, 0.3) is 0 Å². The monoisotopic (exact) mass is 402 g/mol. The van der Waals surface area contributed by atoms with Crippen LogP contribution in [0.15, 0.2) is 18.3 Å². The smallest absolute Gasteiger partial charge is 0.224 e. The summed E-state index contributed by atoms with van der Waals surface area (Å²) in [6.45, 7) is 8.13. The van der Waals surface area contributed by atoms with Crippen molar-refractivity contribution >= 4 is 32.7 Å². The van der Waals surface area contributed by atoms with Crippen LogP contribution in [0.25, 0.3) is 10.3 Å². The molecule has 0 spiro atoms. The molecule has 2 aliphatic rings. The number of piperidine rings is 1. The van der Waals surface area contributed by atoms with E-state index in [0.29, 0.717) is 0 Å². The molecule has 0 aliphatic carbocycles. The van der Waals surface area contributed by atoms with Crippen LogP contribution in [0.3, 0.4) is 0 Å². The highest BCUT2D eigenvalue weighted by atomic mass is 32.1. The normalized spacial score (nSPS) is 21.9. The van der Waals surface area contributed by atoms with Crippen LogP contribution >= 0.6 is 11.3 Å². The summed E-state index contributed by atoms with van der Waals surface area (Å²) in [5.74, 6) is 0.250. The minimum Gasteiger partial charge on any atom is -0.356 e. The van der Waals surface area contributed by atoms with E-state index in [1.807, 2.05) is 12.1 Å². The lowest BCUT2D eigenvalue weighted by atomic mass is 9.97. The van der Waals surface area contributed by atoms with Gasteiger partial charge in [0.1, 0.15) is 10.3 Å². The number of hydrogen-bond donors (Lipinski definition) is 1. The van der Waals surface area contributed by atoms with Crippen LogP contribution in [0.4, 0.5) is 5.13 Å². The first-order valence-electron chi connectivity index (χ1n) is 10.3. The minimum atomic E-state index is 0.0531. The predicted molar refractivity (Wildman–Crippen MR) is 114 cm³/mol. The Morgan fingerprint density at radius 1 is 1.29 bits per heavy atom. The Morgan fingerprint density at radius 3 is 2.96 bits per heavy atom. The van der Waals surface area contributed by atoms with Gasteiger partial charge in [-0.05, 0) is 45.0 Å². The van der Waals surface area contributed by atoms with E-state index in [9.17, 15) is 4.79 Å². The first-order valence-corrected chi connectivity index (χ1v) is 11.2. The fraction of sp³-hybridized carbons (Fsp3) is 0.650. The number of nitrogens with zero attached hydrogens (tertiary/aromatic N) is 5. The number of anilines is 1. The molecule has 8 heteroatoms. The van der Waals surface area contributed by atoms with E-state index in [2.05, 4.69) is 32.0 Å². The summed E-state index contributed by atoms with van der Waals surface area (Å²) in [6, 6.07) is 3.91. The molecular formula is C20H30N6OS. The Kier molecular flexibility index (Phi) is 6.39. The van der Waals surface area contributed by atoms with Gasteiger partial charge in [0.2, 0.25) is 5.91 Å². The van der Waals surface area contributed by atoms with Crippen LogP contribution in [0.5, 0.6) is 0 Å². The molecule has 4 rings (SSSR count). The van der Waals surface area contributed by atoms with Crippen molar-refractivity contribution in [1.29, 1.82) is 0 Å². The number of likely N-dealkylation sites (N-methyl/N-ethyl adjacent to an activating group) is 1. The SMILES string of the molecule is CN1CCN(CCCNC(=O)C2CCCN(c3nc4cccnc4s3)C2)CC1. The van der Waals surface area contributed by atoms with E-state index >= 15 is 0 Å². The Bertz CT molecular complexity index is 755. The minimum absolute atomic E-state index is 0.0531. The first kappa shape index (κ1) is 19.5. The molecule has 2 saturated heterocycles. The van der Waals surface area contributed by atoms with Crippen LogP contribution in [0.2, 0.25) is 0 Å². The maximum atomic E-state index is 12.7. The lowest BCUT2D eigenvalue weighted by Crippen LogP contribution is -2.46. The van der Waals surface area contributed by atoms with Crippen LogP contribution in [-0.4, -0.2) is 85.1 Å². The van der Waals surface area contributed by atoms with Crippen molar-refractivity contribution in [2.24, 2.45) is 5.92 Å². The second-order valence-electron chi connectivity index (χ2n) is 7.90. The zero-order valence-electron chi connectivity index (χ0n) is 16.6. The maximum Gasteiger partial charge on any atom is 0.224 e. The molecule has 2 fully saturated rings. The molecule has 2 aromatic rings. The number of nitrogens with one attached hydrogen (secondary N) is 1. The first-order chi connectivity index (χ1) is 13.7. The number of hydrogen-bond acceptors (Lipinski definition) is 7. The van der Waals surface area contributed by atoms with Crippen molar-refractivity contribution in [2.45, 2.75) is 19.3 Å². The average Bonchev–Trinajstić information content (AvgIpc) is 3.17. The van der Waals surface area contributed by atoms with E-state index in [1.54, 1.807) is 17.5 Å². The quantitative estimate of drug-likeness (QED) is 0.742. The van der Waals surface area contributed by atoms with E-state index in [0.717, 1.165) is 87.1 Å². The Hall–Kier alpha value is -1.77. The number of rotatable bonds is 6. The Morgan fingerprint density at radius 2 is 2.14 bits per heavy atom. The second kappa shape index (κ2) is 9.15. The van der Waals surface area contributed by atoms with Gasteiger partial charge in [-0.2, -0.15) is 0 Å². The summed E-state index contributed by atoms with van der Waals surface area (Å²) in [5, 5.41) is 4.15. The van der Waals surface area contributed by atoms with E-state index in [4.69, 9.17) is 4.98 Å². The van der Waals surface area contributed by atoms with Gasteiger partial charge in [0.15, 0.2) is 5.13 Å². The third-order valence-electron chi connectivity index (χ3n) is 5.76. The van der Waals surface area contributed by atoms with Gasteiger partial charge in [-0.15, -0.1) is 0 Å². The number of pyridine rings is 1. The molecule has 4 heterocycles. The Labute approximate surface area is 170 Å². The van der Waals surface area contributed by atoms with Crippen LogP contribution < -0.4 is 10.2 Å². The van der Waals surface area contributed by atoms with Gasteiger partial charge >= 0.3 is 0 Å². The molecule has 0 radical (unpaired) electrons. The Balaban J connectivity index is 1.23. The molecular weight excluding hydrogens is 372 g/mol. The second-order valence-corrected chi connectivity index (χ2v) is 8.85. The number of thiazole rings is 1. The molecule has 2 aliphatic heterocycles. The largest absolute Gasteiger partial charge is 0.356 e. The highest BCUT2D eigenvalue weighted by Gasteiger charge is 2.27. The van der Waals surface area contributed by atoms with Crippen molar-refractivity contribution in [2.75, 3.05) is 64.3 Å². The van der Waals surface area contributed by atoms with Gasteiger partial charge in [-0.3, -0.25) is 4.79 Å². The highest BCUT2D eigenvalue weighted by Crippen LogP contribution is 2.30. The molecule has 0 bridgehead atoms. The number of aromatic nitrogens is 2. The molecule has 0 saturated carbocycles. The summed E-state index contributed by atoms with van der Waals surface area (Å²) in [6.07, 6.45) is 4.82. The molecule has 1 unspecified atom stereocenters. The van der Waals surface area contributed by atoms with Gasteiger partial charge in [0.05, 0.1) is 5.92 Å². The van der Waals surface area contributed by atoms with Crippen LogP contribution in [0.1, 0.15) is 19.3 Å². The van der Waals surface area contributed by atoms with Gasteiger partial charge < -0.3 is 20.0 Å². The van der Waals surface area contributed by atoms with E-state index < -0.39 is 0 Å². The zero-order chi connectivity index (χ0) is 19.3. The molecule has 1 N–H and O–H groups in total. The summed E-state index contributed by atoms with van der Waals surface area (Å²) in [5.41, 5.74) is 0.943. The van der Waals surface area contributed by atoms with E-state index in [-0.39, 0.29) is 11.8 Å². The van der Waals surface area contributed by atoms with Gasteiger partial charge in [-0.1, -0.05) is 11.3 Å². The summed E-state index contributed by atoms with van der Waals surface area (Å²) >= 11 is 1.62. The highest BCUT2D eigenvalue weighted by molar-refractivity contribution is 7.21. The molecule has 152 valence electrons. The third-order valence-corrected chi connectivity index (χ3v) is 6.80. The molecule has 2 aromatic heterocycles. The predicted octanol–water partition coefficient (Wildman–Crippen LogP) is 1.66. The number of carbonyl (C=O) groups is 1. The van der Waals surface area contributed by atoms with Crippen molar-refractivity contribution < 1.29 is 4.79 Å². The third kappa shape index (κ3) is 4.79. The molecule has 7 nitrogen and oxygen atoms in total. The van der Waals surface area contributed by atoms with E-state index in [1.165, 1.54) is 0 Å². The fourth-order valence-electron chi connectivity index (χ4n) is 3.99. The van der Waals surface area contributed by atoms with Gasteiger partial charge in [-0.25, -0.2) is 9.97 Å². The van der Waals surface area contributed by atoms with Crippen molar-refractivity contribution in [3.63, 3.8) is 0 Å². The van der Waals surface area contributed by atoms with Crippen molar-refractivity contribution in [3.05, 3.63) is 18.3 Å². The molecule has 1 amide bonds. The fourth-order valence-corrected chi connectivity index (χ4v) is 4.93. The van der Waals surface area contributed by atoms with Crippen molar-refractivity contribution in [1.82, 2.24) is 25.1 Å². The van der Waals surface area contributed by atoms with Crippen LogP contribution in [-0.2, 0) is 4.79 Å². The lowest BCUT2D eigenvalue weighted by Gasteiger charge is -2.33.